The maximum atomic E-state index is 13.2. The van der Waals surface area contributed by atoms with Crippen LogP contribution in [0.4, 0.5) is 5.82 Å². The number of hydrogen-bond donors (Lipinski definition) is 2. The van der Waals surface area contributed by atoms with E-state index in [-0.39, 0.29) is 20.5 Å². The van der Waals surface area contributed by atoms with Gasteiger partial charge in [-0.25, -0.2) is 27.0 Å². The average Bonchev–Trinajstić information content (AvgIpc) is 3.29. The number of sulfone groups is 1. The molecule has 10 nitrogen and oxygen atoms in total. The van der Waals surface area contributed by atoms with Crippen LogP contribution < -0.4 is 10.5 Å². The van der Waals surface area contributed by atoms with Gasteiger partial charge in [-0.3, -0.25) is 0 Å². The fraction of sp³-hybridized carbons (Fsp3) is 0.0870. The summed E-state index contributed by atoms with van der Waals surface area (Å²) in [4.78, 5) is 4.74. The summed E-state index contributed by atoms with van der Waals surface area (Å²) in [7, 11) is -7.68. The highest BCUT2D eigenvalue weighted by atomic mass is 32.2. The number of anilines is 1. The summed E-state index contributed by atoms with van der Waals surface area (Å²) in [5.74, 6) is 0.487. The van der Waals surface area contributed by atoms with Crippen LogP contribution in [-0.4, -0.2) is 43.2 Å². The molecule has 0 spiro atoms. The molecule has 0 aliphatic heterocycles. The van der Waals surface area contributed by atoms with Crippen LogP contribution in [0.2, 0.25) is 0 Å². The van der Waals surface area contributed by atoms with Gasteiger partial charge in [0.15, 0.2) is 5.65 Å². The number of sulfonamides is 1. The maximum Gasteiger partial charge on any atom is 0.238 e. The maximum absolute atomic E-state index is 13.2. The third-order valence-electron chi connectivity index (χ3n) is 5.49. The third kappa shape index (κ3) is 4.34. The monoisotopic (exact) mass is 508 g/mol. The van der Waals surface area contributed by atoms with Crippen molar-refractivity contribution in [3.63, 3.8) is 0 Å². The molecular formula is C23H20N6O4S2. The molecule has 0 radical (unpaired) electrons. The molecule has 0 aliphatic rings. The standard InChI is InChI=1S/C23H20N6O4S2/c24-35(32,33)18-12-10-16(11-13-18)14-15-25-21-19-8-4-5-9-20(19)29-22(26-21)23(27-28-29)34(30,31)17-6-2-1-3-7-17/h1-13H,14-15H2,(H,25,26)(H2,24,32,33). The second-order valence-electron chi connectivity index (χ2n) is 7.79. The molecule has 0 saturated heterocycles. The fourth-order valence-corrected chi connectivity index (χ4v) is 5.51. The summed E-state index contributed by atoms with van der Waals surface area (Å²) < 4.78 is 50.8. The number of nitrogens with zero attached hydrogens (tertiary/aromatic N) is 4. The second kappa shape index (κ2) is 8.73. The first-order valence-corrected chi connectivity index (χ1v) is 13.6. The van der Waals surface area contributed by atoms with Crippen molar-refractivity contribution in [2.75, 3.05) is 11.9 Å². The zero-order valence-electron chi connectivity index (χ0n) is 18.2. The topological polar surface area (TPSA) is 149 Å². The minimum Gasteiger partial charge on any atom is -0.369 e. The van der Waals surface area contributed by atoms with Gasteiger partial charge in [-0.05, 0) is 48.4 Å². The number of aromatic nitrogens is 4. The Kier molecular flexibility index (Phi) is 5.71. The van der Waals surface area contributed by atoms with Gasteiger partial charge in [0.1, 0.15) is 5.82 Å². The molecule has 0 aliphatic carbocycles. The molecule has 0 amide bonds. The Bertz CT molecular complexity index is 1750. The number of rotatable bonds is 7. The number of fused-ring (bicyclic) bond motifs is 3. The molecule has 5 aromatic rings. The molecule has 12 heteroatoms. The van der Waals surface area contributed by atoms with E-state index in [0.717, 1.165) is 10.9 Å². The number of nitrogens with two attached hydrogens (primary N) is 1. The van der Waals surface area contributed by atoms with Crippen LogP contribution in [0.1, 0.15) is 5.56 Å². The van der Waals surface area contributed by atoms with Crippen LogP contribution in [0.25, 0.3) is 16.6 Å². The van der Waals surface area contributed by atoms with E-state index >= 15 is 0 Å². The van der Waals surface area contributed by atoms with Crippen LogP contribution in [0.3, 0.4) is 0 Å². The van der Waals surface area contributed by atoms with Gasteiger partial charge in [-0.2, -0.15) is 4.52 Å². The van der Waals surface area contributed by atoms with E-state index < -0.39 is 19.9 Å². The first-order chi connectivity index (χ1) is 16.7. The van der Waals surface area contributed by atoms with E-state index in [1.807, 2.05) is 24.3 Å². The van der Waals surface area contributed by atoms with E-state index in [1.54, 1.807) is 30.3 Å². The zero-order chi connectivity index (χ0) is 24.6. The molecule has 3 N–H and O–H groups in total. The molecule has 0 atom stereocenters. The van der Waals surface area contributed by atoms with Crippen molar-refractivity contribution in [2.24, 2.45) is 5.14 Å². The van der Waals surface area contributed by atoms with Gasteiger partial charge in [0.2, 0.25) is 24.9 Å². The van der Waals surface area contributed by atoms with Crippen molar-refractivity contribution >= 4 is 42.2 Å². The Morgan fingerprint density at radius 2 is 1.51 bits per heavy atom. The van der Waals surface area contributed by atoms with Crippen LogP contribution in [0.15, 0.2) is 93.7 Å². The summed E-state index contributed by atoms with van der Waals surface area (Å²) in [6.45, 7) is 0.463. The lowest BCUT2D eigenvalue weighted by atomic mass is 10.1. The van der Waals surface area contributed by atoms with Gasteiger partial charge < -0.3 is 5.32 Å². The van der Waals surface area contributed by atoms with Gasteiger partial charge in [0.25, 0.3) is 0 Å². The van der Waals surface area contributed by atoms with Crippen LogP contribution >= 0.6 is 0 Å². The van der Waals surface area contributed by atoms with Crippen LogP contribution in [-0.2, 0) is 26.3 Å². The Balaban J connectivity index is 1.50. The van der Waals surface area contributed by atoms with Crippen molar-refractivity contribution in [3.05, 3.63) is 84.4 Å². The molecule has 0 saturated carbocycles. The first-order valence-electron chi connectivity index (χ1n) is 10.5. The third-order valence-corrected chi connectivity index (χ3v) is 8.08. The summed E-state index contributed by atoms with van der Waals surface area (Å²) in [6, 6.07) is 21.7. The van der Waals surface area contributed by atoms with Crippen molar-refractivity contribution in [1.82, 2.24) is 19.8 Å². The van der Waals surface area contributed by atoms with Gasteiger partial charge >= 0.3 is 0 Å². The Morgan fingerprint density at radius 3 is 2.23 bits per heavy atom. The predicted octanol–water partition coefficient (Wildman–Crippen LogP) is 2.41. The summed E-state index contributed by atoms with van der Waals surface area (Å²) in [5.41, 5.74) is 1.67. The van der Waals surface area contributed by atoms with Crippen LogP contribution in [0, 0.1) is 0 Å². The highest BCUT2D eigenvalue weighted by Gasteiger charge is 2.26. The van der Waals surface area contributed by atoms with Gasteiger partial charge in [0, 0.05) is 11.9 Å². The number of benzene rings is 3. The number of primary sulfonamides is 1. The van der Waals surface area contributed by atoms with E-state index in [4.69, 9.17) is 5.14 Å². The van der Waals surface area contributed by atoms with Gasteiger partial charge in [-0.15, -0.1) is 5.10 Å². The van der Waals surface area contributed by atoms with Crippen LogP contribution in [0.5, 0.6) is 0 Å². The highest BCUT2D eigenvalue weighted by Crippen LogP contribution is 2.27. The molecule has 2 heterocycles. The second-order valence-corrected chi connectivity index (χ2v) is 11.2. The van der Waals surface area contributed by atoms with E-state index in [9.17, 15) is 16.8 Å². The molecule has 0 bridgehead atoms. The first kappa shape index (κ1) is 22.9. The minimum absolute atomic E-state index is 0.0488. The van der Waals surface area contributed by atoms with E-state index in [2.05, 4.69) is 20.6 Å². The molecule has 3 aromatic carbocycles. The Morgan fingerprint density at radius 1 is 0.829 bits per heavy atom. The lowest BCUT2D eigenvalue weighted by Crippen LogP contribution is -2.12. The molecular weight excluding hydrogens is 488 g/mol. The molecule has 2 aromatic heterocycles. The quantitative estimate of drug-likeness (QED) is 0.340. The van der Waals surface area contributed by atoms with Crippen molar-refractivity contribution in [1.29, 1.82) is 0 Å². The lowest BCUT2D eigenvalue weighted by molar-refractivity contribution is 0.592. The van der Waals surface area contributed by atoms with E-state index in [0.29, 0.717) is 24.3 Å². The average molecular weight is 509 g/mol. The van der Waals surface area contributed by atoms with E-state index in [1.165, 1.54) is 28.8 Å². The fourth-order valence-electron chi connectivity index (χ4n) is 3.74. The number of nitrogens with one attached hydrogen (secondary N) is 1. The Hall–Kier alpha value is -3.87. The molecule has 0 unspecified atom stereocenters. The van der Waals surface area contributed by atoms with Gasteiger partial charge in [-0.1, -0.05) is 47.7 Å². The van der Waals surface area contributed by atoms with Crippen molar-refractivity contribution in [2.45, 2.75) is 21.2 Å². The minimum atomic E-state index is -3.93. The summed E-state index contributed by atoms with van der Waals surface area (Å²) in [5, 5.41) is 17.0. The van der Waals surface area contributed by atoms with Crippen molar-refractivity contribution < 1.29 is 16.8 Å². The lowest BCUT2D eigenvalue weighted by Gasteiger charge is -2.11. The largest absolute Gasteiger partial charge is 0.369 e. The normalized spacial score (nSPS) is 12.3. The van der Waals surface area contributed by atoms with Gasteiger partial charge in [0.05, 0.1) is 15.3 Å². The number of para-hydroxylation sites is 1. The summed E-state index contributed by atoms with van der Waals surface area (Å²) in [6.07, 6.45) is 0.568. The SMILES string of the molecule is NS(=O)(=O)c1ccc(CCNc2nc3c(S(=O)(=O)c4ccccc4)nnn3c3ccccc23)cc1. The van der Waals surface area contributed by atoms with Crippen molar-refractivity contribution in [3.8, 4) is 0 Å². The molecule has 5 rings (SSSR count). The molecule has 178 valence electrons. The zero-order valence-corrected chi connectivity index (χ0v) is 19.9. The number of hydrogen-bond acceptors (Lipinski definition) is 8. The predicted molar refractivity (Wildman–Crippen MR) is 130 cm³/mol. The molecule has 35 heavy (non-hydrogen) atoms. The highest BCUT2D eigenvalue weighted by molar-refractivity contribution is 7.91. The Labute approximate surface area is 201 Å². The smallest absolute Gasteiger partial charge is 0.238 e. The molecule has 0 fully saturated rings. The summed E-state index contributed by atoms with van der Waals surface area (Å²) >= 11 is 0.